The summed E-state index contributed by atoms with van der Waals surface area (Å²) in [6, 6.07) is 8.42. The van der Waals surface area contributed by atoms with Gasteiger partial charge in [0.1, 0.15) is 0 Å². The van der Waals surface area contributed by atoms with Crippen molar-refractivity contribution in [2.75, 3.05) is 51.2 Å². The van der Waals surface area contributed by atoms with Gasteiger partial charge in [0.05, 0.1) is 12.2 Å². The van der Waals surface area contributed by atoms with E-state index in [2.05, 4.69) is 48.0 Å². The monoisotopic (exact) mass is 305 g/mol. The molecule has 0 saturated carbocycles. The highest BCUT2D eigenvalue weighted by molar-refractivity contribution is 8.00. The third kappa shape index (κ3) is 3.35. The first-order valence-corrected chi connectivity index (χ1v) is 8.48. The van der Waals surface area contributed by atoms with E-state index in [1.807, 2.05) is 16.7 Å². The van der Waals surface area contributed by atoms with Gasteiger partial charge in [-0.3, -0.25) is 4.79 Å². The molecule has 3 rings (SSSR count). The maximum atomic E-state index is 12.5. The fourth-order valence-corrected chi connectivity index (χ4v) is 4.11. The Labute approximate surface area is 131 Å². The van der Waals surface area contributed by atoms with E-state index >= 15 is 0 Å². The number of thioether (sulfide) groups is 1. The number of anilines is 1. The summed E-state index contributed by atoms with van der Waals surface area (Å²) in [6.45, 7) is 7.36. The lowest BCUT2D eigenvalue weighted by atomic mass is 10.2. The molecule has 0 N–H and O–H groups in total. The number of fused-ring (bicyclic) bond motifs is 1. The van der Waals surface area contributed by atoms with Gasteiger partial charge in [-0.15, -0.1) is 11.8 Å². The molecule has 1 fully saturated rings. The molecule has 0 aromatic heterocycles. The van der Waals surface area contributed by atoms with Gasteiger partial charge in [0.25, 0.3) is 0 Å². The molecule has 114 valence electrons. The number of nitrogens with zero attached hydrogens (tertiary/aromatic N) is 3. The molecule has 2 heterocycles. The fraction of sp³-hybridized carbons (Fsp3) is 0.562. The highest BCUT2D eigenvalue weighted by Crippen LogP contribution is 2.37. The minimum Gasteiger partial charge on any atom is -0.360 e. The van der Waals surface area contributed by atoms with Crippen LogP contribution in [0.25, 0.3) is 0 Å². The van der Waals surface area contributed by atoms with E-state index in [9.17, 15) is 4.79 Å². The molecule has 0 spiro atoms. The summed E-state index contributed by atoms with van der Waals surface area (Å²) in [5.74, 6) is 0.261. The Morgan fingerprint density at radius 2 is 1.95 bits per heavy atom. The van der Waals surface area contributed by atoms with Crippen LogP contribution in [-0.4, -0.2) is 67.3 Å². The van der Waals surface area contributed by atoms with Crippen LogP contribution in [0.5, 0.6) is 0 Å². The zero-order valence-corrected chi connectivity index (χ0v) is 13.6. The van der Waals surface area contributed by atoms with Crippen molar-refractivity contribution in [3.63, 3.8) is 0 Å². The van der Waals surface area contributed by atoms with Gasteiger partial charge in [-0.2, -0.15) is 0 Å². The SMILES string of the molecule is C[C@@H]1CN(CC(=O)N2CCN(C)CC2)c2ccccc2S1. The Bertz CT molecular complexity index is 514. The molecular weight excluding hydrogens is 282 g/mol. The molecule has 1 aromatic rings. The van der Waals surface area contributed by atoms with Crippen LogP contribution in [0.1, 0.15) is 6.92 Å². The summed E-state index contributed by atoms with van der Waals surface area (Å²) < 4.78 is 0. The van der Waals surface area contributed by atoms with E-state index < -0.39 is 0 Å². The molecule has 0 unspecified atom stereocenters. The van der Waals surface area contributed by atoms with Crippen molar-refractivity contribution in [3.05, 3.63) is 24.3 Å². The summed E-state index contributed by atoms with van der Waals surface area (Å²) in [5, 5.41) is 0.528. The summed E-state index contributed by atoms with van der Waals surface area (Å²) in [5.41, 5.74) is 1.21. The van der Waals surface area contributed by atoms with Crippen LogP contribution in [-0.2, 0) is 4.79 Å². The Kier molecular flexibility index (Phi) is 4.40. The van der Waals surface area contributed by atoms with Crippen molar-refractivity contribution < 1.29 is 4.79 Å². The van der Waals surface area contributed by atoms with Crippen molar-refractivity contribution in [3.8, 4) is 0 Å². The summed E-state index contributed by atoms with van der Waals surface area (Å²) in [7, 11) is 2.11. The number of rotatable bonds is 2. The van der Waals surface area contributed by atoms with Crippen LogP contribution in [0, 0.1) is 0 Å². The van der Waals surface area contributed by atoms with Crippen LogP contribution in [0.15, 0.2) is 29.2 Å². The third-order valence-corrected chi connectivity index (χ3v) is 5.34. The van der Waals surface area contributed by atoms with Crippen molar-refractivity contribution >= 4 is 23.4 Å². The van der Waals surface area contributed by atoms with Crippen LogP contribution >= 0.6 is 11.8 Å². The van der Waals surface area contributed by atoms with Gasteiger partial charge in [0.15, 0.2) is 0 Å². The number of carbonyl (C=O) groups excluding carboxylic acids is 1. The first-order chi connectivity index (χ1) is 10.1. The normalized spacial score (nSPS) is 23.0. The number of carbonyl (C=O) groups is 1. The molecule has 0 bridgehead atoms. The third-order valence-electron chi connectivity index (χ3n) is 4.19. The summed E-state index contributed by atoms with van der Waals surface area (Å²) in [6.07, 6.45) is 0. The lowest BCUT2D eigenvalue weighted by Gasteiger charge is -2.37. The minimum atomic E-state index is 0.261. The predicted octanol–water partition coefficient (Wildman–Crippen LogP) is 1.76. The lowest BCUT2D eigenvalue weighted by Crippen LogP contribution is -2.51. The zero-order valence-electron chi connectivity index (χ0n) is 12.8. The average Bonchev–Trinajstić information content (AvgIpc) is 2.47. The van der Waals surface area contributed by atoms with Gasteiger partial charge in [0.2, 0.25) is 5.91 Å². The van der Waals surface area contributed by atoms with E-state index in [0.717, 1.165) is 32.7 Å². The van der Waals surface area contributed by atoms with Crippen molar-refractivity contribution in [1.29, 1.82) is 0 Å². The minimum absolute atomic E-state index is 0.261. The quantitative estimate of drug-likeness (QED) is 0.832. The van der Waals surface area contributed by atoms with Gasteiger partial charge < -0.3 is 14.7 Å². The molecule has 1 aromatic carbocycles. The summed E-state index contributed by atoms with van der Waals surface area (Å²) >= 11 is 1.91. The Balaban J connectivity index is 1.68. The molecule has 0 radical (unpaired) electrons. The molecule has 5 heteroatoms. The second-order valence-electron chi connectivity index (χ2n) is 5.96. The van der Waals surface area contributed by atoms with E-state index in [1.54, 1.807) is 0 Å². The Morgan fingerprint density at radius 1 is 1.24 bits per heavy atom. The molecule has 2 aliphatic rings. The van der Waals surface area contributed by atoms with Gasteiger partial charge in [0, 0.05) is 42.9 Å². The van der Waals surface area contributed by atoms with Crippen molar-refractivity contribution in [2.45, 2.75) is 17.1 Å². The number of hydrogen-bond acceptors (Lipinski definition) is 4. The molecule has 21 heavy (non-hydrogen) atoms. The van der Waals surface area contributed by atoms with E-state index in [-0.39, 0.29) is 5.91 Å². The van der Waals surface area contributed by atoms with Crippen LogP contribution in [0.3, 0.4) is 0 Å². The van der Waals surface area contributed by atoms with E-state index in [0.29, 0.717) is 11.8 Å². The highest BCUT2D eigenvalue weighted by atomic mass is 32.2. The first kappa shape index (κ1) is 14.7. The van der Waals surface area contributed by atoms with E-state index in [4.69, 9.17) is 0 Å². The highest BCUT2D eigenvalue weighted by Gasteiger charge is 2.26. The second kappa shape index (κ2) is 6.28. The van der Waals surface area contributed by atoms with Crippen molar-refractivity contribution in [2.24, 2.45) is 0 Å². The molecule has 1 amide bonds. The number of para-hydroxylation sites is 1. The van der Waals surface area contributed by atoms with Gasteiger partial charge in [-0.25, -0.2) is 0 Å². The maximum absolute atomic E-state index is 12.5. The molecule has 4 nitrogen and oxygen atoms in total. The maximum Gasteiger partial charge on any atom is 0.242 e. The topological polar surface area (TPSA) is 26.8 Å². The van der Waals surface area contributed by atoms with Gasteiger partial charge >= 0.3 is 0 Å². The van der Waals surface area contributed by atoms with Crippen molar-refractivity contribution in [1.82, 2.24) is 9.80 Å². The zero-order chi connectivity index (χ0) is 14.8. The van der Waals surface area contributed by atoms with Crippen LogP contribution in [0.2, 0.25) is 0 Å². The molecule has 0 aliphatic carbocycles. The Hall–Kier alpha value is -1.20. The largest absolute Gasteiger partial charge is 0.360 e. The number of piperazine rings is 1. The smallest absolute Gasteiger partial charge is 0.242 e. The van der Waals surface area contributed by atoms with Crippen LogP contribution in [0.4, 0.5) is 5.69 Å². The summed E-state index contributed by atoms with van der Waals surface area (Å²) in [4.78, 5) is 20.4. The lowest BCUT2D eigenvalue weighted by molar-refractivity contribution is -0.131. The number of hydrogen-bond donors (Lipinski definition) is 0. The van der Waals surface area contributed by atoms with E-state index in [1.165, 1.54) is 10.6 Å². The second-order valence-corrected chi connectivity index (χ2v) is 7.44. The molecule has 1 atom stereocenters. The van der Waals surface area contributed by atoms with Gasteiger partial charge in [-0.05, 0) is 19.2 Å². The van der Waals surface area contributed by atoms with Crippen LogP contribution < -0.4 is 4.90 Å². The molecule has 2 aliphatic heterocycles. The number of likely N-dealkylation sites (N-methyl/N-ethyl adjacent to an activating group) is 1. The predicted molar refractivity (Wildman–Crippen MR) is 88.1 cm³/mol. The number of benzene rings is 1. The fourth-order valence-electron chi connectivity index (χ4n) is 2.95. The average molecular weight is 305 g/mol. The molecular formula is C16H23N3OS. The molecule has 1 saturated heterocycles. The first-order valence-electron chi connectivity index (χ1n) is 7.60. The van der Waals surface area contributed by atoms with Gasteiger partial charge in [-0.1, -0.05) is 19.1 Å². The standard InChI is InChI=1S/C16H23N3OS/c1-13-11-19(14-5-3-4-6-15(14)21-13)12-16(20)18-9-7-17(2)8-10-18/h3-6,13H,7-12H2,1-2H3/t13-/m1/s1. The number of amides is 1. The Morgan fingerprint density at radius 3 is 2.71 bits per heavy atom.